The van der Waals surface area contributed by atoms with E-state index in [9.17, 15) is 9.59 Å². The number of carbonyl (C=O) groups is 2. The van der Waals surface area contributed by atoms with Gasteiger partial charge in [-0.1, -0.05) is 12.1 Å². The first-order valence-corrected chi connectivity index (χ1v) is 7.19. The number of nitrogens with zero attached hydrogens (tertiary/aromatic N) is 1. The maximum atomic E-state index is 12.4. The number of carbonyl (C=O) groups excluding carboxylic acids is 2. The zero-order valence-corrected chi connectivity index (χ0v) is 12.9. The highest BCUT2D eigenvalue weighted by Crippen LogP contribution is 2.27. The molecule has 1 aliphatic rings. The van der Waals surface area contributed by atoms with E-state index in [2.05, 4.69) is 17.9 Å². The normalized spacial score (nSPS) is 19.3. The van der Waals surface area contributed by atoms with Gasteiger partial charge >= 0.3 is 0 Å². The fraction of sp³-hybridized carbons (Fsp3) is 0.467. The SMILES string of the molecule is CC(C)(C)NC(=O)c1ccccc1N1CC(S)CC1=O. The monoisotopic (exact) mass is 292 g/mol. The molecule has 0 bridgehead atoms. The van der Waals surface area contributed by atoms with Crippen LogP contribution in [0.25, 0.3) is 0 Å². The van der Waals surface area contributed by atoms with Crippen LogP contribution in [0.15, 0.2) is 24.3 Å². The lowest BCUT2D eigenvalue weighted by Gasteiger charge is -2.24. The Kier molecular flexibility index (Phi) is 4.09. The first-order valence-electron chi connectivity index (χ1n) is 6.68. The average Bonchev–Trinajstić information content (AvgIpc) is 2.66. The van der Waals surface area contributed by atoms with Gasteiger partial charge in [-0.25, -0.2) is 0 Å². The number of nitrogens with one attached hydrogen (secondary N) is 1. The third-order valence-electron chi connectivity index (χ3n) is 3.03. The molecule has 1 aliphatic heterocycles. The molecule has 1 aromatic rings. The van der Waals surface area contributed by atoms with Crippen molar-refractivity contribution in [3.63, 3.8) is 0 Å². The number of hydrogen-bond acceptors (Lipinski definition) is 3. The van der Waals surface area contributed by atoms with Crippen LogP contribution in [-0.2, 0) is 4.79 Å². The zero-order valence-electron chi connectivity index (χ0n) is 12.0. The van der Waals surface area contributed by atoms with Gasteiger partial charge in [0.25, 0.3) is 5.91 Å². The molecule has 0 spiro atoms. The van der Waals surface area contributed by atoms with Crippen LogP contribution in [0, 0.1) is 0 Å². The molecule has 0 aliphatic carbocycles. The van der Waals surface area contributed by atoms with Gasteiger partial charge in [-0.15, -0.1) is 0 Å². The Balaban J connectivity index is 2.31. The minimum absolute atomic E-state index is 0.0148. The quantitative estimate of drug-likeness (QED) is 0.821. The maximum Gasteiger partial charge on any atom is 0.253 e. The predicted octanol–water partition coefficient (Wildman–Crippen LogP) is 2.25. The summed E-state index contributed by atoms with van der Waals surface area (Å²) in [7, 11) is 0. The number of hydrogen-bond donors (Lipinski definition) is 2. The summed E-state index contributed by atoms with van der Waals surface area (Å²) in [4.78, 5) is 26.0. The fourth-order valence-corrected chi connectivity index (χ4v) is 2.55. The lowest BCUT2D eigenvalue weighted by Crippen LogP contribution is -2.41. The molecular formula is C15H20N2O2S. The molecule has 1 fully saturated rings. The van der Waals surface area contributed by atoms with E-state index in [-0.39, 0.29) is 22.6 Å². The van der Waals surface area contributed by atoms with Gasteiger partial charge in [-0.05, 0) is 32.9 Å². The van der Waals surface area contributed by atoms with E-state index in [1.807, 2.05) is 26.8 Å². The highest BCUT2D eigenvalue weighted by molar-refractivity contribution is 7.81. The average molecular weight is 292 g/mol. The second-order valence-corrected chi connectivity index (χ2v) is 6.81. The number of thiol groups is 1. The highest BCUT2D eigenvalue weighted by Gasteiger charge is 2.31. The van der Waals surface area contributed by atoms with Crippen LogP contribution in [0.3, 0.4) is 0 Å². The molecule has 20 heavy (non-hydrogen) atoms. The Labute approximate surface area is 124 Å². The largest absolute Gasteiger partial charge is 0.347 e. The number of benzene rings is 1. The Hall–Kier alpha value is -1.49. The van der Waals surface area contributed by atoms with Gasteiger partial charge in [0, 0.05) is 23.8 Å². The van der Waals surface area contributed by atoms with E-state index in [0.29, 0.717) is 24.2 Å². The van der Waals surface area contributed by atoms with Gasteiger partial charge < -0.3 is 10.2 Å². The number of anilines is 1. The molecule has 4 nitrogen and oxygen atoms in total. The van der Waals surface area contributed by atoms with Crippen molar-refractivity contribution in [2.75, 3.05) is 11.4 Å². The Morgan fingerprint density at radius 1 is 1.35 bits per heavy atom. The summed E-state index contributed by atoms with van der Waals surface area (Å²) >= 11 is 4.35. The molecule has 1 saturated heterocycles. The molecular weight excluding hydrogens is 272 g/mol. The van der Waals surface area contributed by atoms with Crippen molar-refractivity contribution in [2.24, 2.45) is 0 Å². The molecule has 1 atom stereocenters. The lowest BCUT2D eigenvalue weighted by atomic mass is 10.1. The van der Waals surface area contributed by atoms with E-state index in [4.69, 9.17) is 0 Å². The molecule has 1 N–H and O–H groups in total. The topological polar surface area (TPSA) is 49.4 Å². The van der Waals surface area contributed by atoms with Gasteiger partial charge in [0.05, 0.1) is 11.3 Å². The van der Waals surface area contributed by atoms with Crippen molar-refractivity contribution in [1.82, 2.24) is 5.32 Å². The molecule has 1 heterocycles. The minimum Gasteiger partial charge on any atom is -0.347 e. The lowest BCUT2D eigenvalue weighted by molar-refractivity contribution is -0.117. The smallest absolute Gasteiger partial charge is 0.253 e. The Morgan fingerprint density at radius 2 is 2.00 bits per heavy atom. The van der Waals surface area contributed by atoms with E-state index in [1.54, 1.807) is 23.1 Å². The predicted molar refractivity (Wildman–Crippen MR) is 83.4 cm³/mol. The van der Waals surface area contributed by atoms with Crippen LogP contribution >= 0.6 is 12.6 Å². The molecule has 0 aromatic heterocycles. The van der Waals surface area contributed by atoms with Gasteiger partial charge in [-0.2, -0.15) is 12.6 Å². The molecule has 1 unspecified atom stereocenters. The standard InChI is InChI=1S/C15H20N2O2S/c1-15(2,3)16-14(19)11-6-4-5-7-12(11)17-9-10(20)8-13(17)18/h4-7,10,20H,8-9H2,1-3H3,(H,16,19). The molecule has 1 aromatic carbocycles. The summed E-state index contributed by atoms with van der Waals surface area (Å²) in [6, 6.07) is 7.19. The Morgan fingerprint density at radius 3 is 2.55 bits per heavy atom. The summed E-state index contributed by atoms with van der Waals surface area (Å²) in [5.41, 5.74) is 0.875. The van der Waals surface area contributed by atoms with Crippen molar-refractivity contribution < 1.29 is 9.59 Å². The minimum atomic E-state index is -0.314. The summed E-state index contributed by atoms with van der Waals surface area (Å²) in [5, 5.41) is 2.96. The van der Waals surface area contributed by atoms with Gasteiger partial charge in [0.15, 0.2) is 0 Å². The Bertz CT molecular complexity index is 537. The van der Waals surface area contributed by atoms with Crippen LogP contribution < -0.4 is 10.2 Å². The van der Waals surface area contributed by atoms with Gasteiger partial charge in [0.2, 0.25) is 5.91 Å². The molecule has 108 valence electrons. The first kappa shape index (κ1) is 14.9. The highest BCUT2D eigenvalue weighted by atomic mass is 32.1. The molecule has 2 amide bonds. The first-order chi connectivity index (χ1) is 9.28. The van der Waals surface area contributed by atoms with Crippen LogP contribution in [0.1, 0.15) is 37.6 Å². The third kappa shape index (κ3) is 3.33. The summed E-state index contributed by atoms with van der Waals surface area (Å²) in [6.07, 6.45) is 0.415. The van der Waals surface area contributed by atoms with Crippen molar-refractivity contribution in [2.45, 2.75) is 38.0 Å². The van der Waals surface area contributed by atoms with Crippen molar-refractivity contribution in [3.05, 3.63) is 29.8 Å². The zero-order chi connectivity index (χ0) is 14.9. The number of rotatable bonds is 2. The van der Waals surface area contributed by atoms with Crippen LogP contribution in [0.5, 0.6) is 0 Å². The van der Waals surface area contributed by atoms with E-state index < -0.39 is 0 Å². The van der Waals surface area contributed by atoms with Crippen molar-refractivity contribution in [1.29, 1.82) is 0 Å². The van der Waals surface area contributed by atoms with Crippen molar-refractivity contribution in [3.8, 4) is 0 Å². The second kappa shape index (κ2) is 5.48. The molecule has 0 saturated carbocycles. The van der Waals surface area contributed by atoms with E-state index in [0.717, 1.165) is 0 Å². The van der Waals surface area contributed by atoms with Gasteiger partial charge in [-0.3, -0.25) is 9.59 Å². The maximum absolute atomic E-state index is 12.4. The van der Waals surface area contributed by atoms with E-state index >= 15 is 0 Å². The van der Waals surface area contributed by atoms with Crippen molar-refractivity contribution >= 4 is 30.1 Å². The van der Waals surface area contributed by atoms with Crippen LogP contribution in [-0.4, -0.2) is 29.1 Å². The number of amides is 2. The number of para-hydroxylation sites is 1. The molecule has 2 rings (SSSR count). The summed E-state index contributed by atoms with van der Waals surface area (Å²) < 4.78 is 0. The molecule has 0 radical (unpaired) electrons. The third-order valence-corrected chi connectivity index (χ3v) is 3.38. The second-order valence-electron chi connectivity index (χ2n) is 6.08. The summed E-state index contributed by atoms with van der Waals surface area (Å²) in [5.74, 6) is -0.149. The van der Waals surface area contributed by atoms with Gasteiger partial charge in [0.1, 0.15) is 0 Å². The molecule has 5 heteroatoms. The summed E-state index contributed by atoms with van der Waals surface area (Å²) in [6.45, 7) is 6.33. The van der Waals surface area contributed by atoms with Crippen LogP contribution in [0.4, 0.5) is 5.69 Å². The fourth-order valence-electron chi connectivity index (χ4n) is 2.23. The van der Waals surface area contributed by atoms with E-state index in [1.165, 1.54) is 0 Å². The van der Waals surface area contributed by atoms with Crippen LogP contribution in [0.2, 0.25) is 0 Å².